The maximum atomic E-state index is 10.8. The standard InChI is InChI=1S/C11H13NO5/c1-11(2)8(14)7(13)6-3-5(10(15)16)4-12-9(6)17-11/h3-4,7-8,13-14H,1-2H3,(H,15,16)/t7-,8+/m0/s1. The Morgan fingerprint density at radius 3 is 2.71 bits per heavy atom. The Morgan fingerprint density at radius 2 is 2.12 bits per heavy atom. The van der Waals surface area contributed by atoms with Gasteiger partial charge in [-0.2, -0.15) is 0 Å². The van der Waals surface area contributed by atoms with E-state index >= 15 is 0 Å². The molecular formula is C11H13NO5. The van der Waals surface area contributed by atoms with Crippen molar-refractivity contribution in [2.75, 3.05) is 0 Å². The first-order chi connectivity index (χ1) is 7.83. The Morgan fingerprint density at radius 1 is 1.47 bits per heavy atom. The molecule has 0 saturated carbocycles. The Bertz CT molecular complexity index is 471. The number of nitrogens with zero attached hydrogens (tertiary/aromatic N) is 1. The third-order valence-electron chi connectivity index (χ3n) is 2.82. The van der Waals surface area contributed by atoms with Crippen molar-refractivity contribution in [2.45, 2.75) is 31.7 Å². The molecule has 6 heteroatoms. The summed E-state index contributed by atoms with van der Waals surface area (Å²) >= 11 is 0. The highest BCUT2D eigenvalue weighted by atomic mass is 16.5. The molecule has 0 amide bonds. The van der Waals surface area contributed by atoms with E-state index in [0.29, 0.717) is 0 Å². The number of ether oxygens (including phenoxy) is 1. The van der Waals surface area contributed by atoms with Crippen LogP contribution in [0.4, 0.5) is 0 Å². The van der Waals surface area contributed by atoms with E-state index in [1.807, 2.05) is 0 Å². The van der Waals surface area contributed by atoms with Gasteiger partial charge in [0.05, 0.1) is 5.56 Å². The molecule has 0 bridgehead atoms. The maximum Gasteiger partial charge on any atom is 0.337 e. The van der Waals surface area contributed by atoms with Gasteiger partial charge in [-0.1, -0.05) is 0 Å². The van der Waals surface area contributed by atoms with Crippen LogP contribution in [0.3, 0.4) is 0 Å². The second-order valence-electron chi connectivity index (χ2n) is 4.52. The minimum Gasteiger partial charge on any atom is -0.478 e. The Hall–Kier alpha value is -1.66. The van der Waals surface area contributed by atoms with E-state index < -0.39 is 23.8 Å². The van der Waals surface area contributed by atoms with Crippen molar-refractivity contribution < 1.29 is 24.9 Å². The van der Waals surface area contributed by atoms with Gasteiger partial charge >= 0.3 is 5.97 Å². The molecule has 0 fully saturated rings. The third-order valence-corrected chi connectivity index (χ3v) is 2.82. The predicted octanol–water partition coefficient (Wildman–Crippen LogP) is 0.345. The van der Waals surface area contributed by atoms with Gasteiger partial charge in [0.15, 0.2) is 0 Å². The third kappa shape index (κ3) is 1.85. The molecular weight excluding hydrogens is 226 g/mol. The fourth-order valence-corrected chi connectivity index (χ4v) is 1.74. The fourth-order valence-electron chi connectivity index (χ4n) is 1.74. The van der Waals surface area contributed by atoms with Gasteiger partial charge in [0.1, 0.15) is 17.8 Å². The van der Waals surface area contributed by atoms with Gasteiger partial charge < -0.3 is 20.1 Å². The molecule has 0 aromatic carbocycles. The van der Waals surface area contributed by atoms with Crippen LogP contribution in [-0.4, -0.2) is 38.0 Å². The first-order valence-corrected chi connectivity index (χ1v) is 5.11. The lowest BCUT2D eigenvalue weighted by molar-refractivity contribution is -0.114. The summed E-state index contributed by atoms with van der Waals surface area (Å²) < 4.78 is 5.42. The smallest absolute Gasteiger partial charge is 0.337 e. The largest absolute Gasteiger partial charge is 0.478 e. The van der Waals surface area contributed by atoms with Gasteiger partial charge in [-0.25, -0.2) is 9.78 Å². The summed E-state index contributed by atoms with van der Waals surface area (Å²) in [6.45, 7) is 3.24. The highest BCUT2D eigenvalue weighted by molar-refractivity contribution is 5.87. The Balaban J connectivity index is 2.50. The summed E-state index contributed by atoms with van der Waals surface area (Å²) in [4.78, 5) is 14.6. The van der Waals surface area contributed by atoms with E-state index in [1.165, 1.54) is 6.07 Å². The number of aliphatic hydroxyl groups is 2. The molecule has 17 heavy (non-hydrogen) atoms. The number of carboxylic acid groups (broad SMARTS) is 1. The molecule has 2 heterocycles. The van der Waals surface area contributed by atoms with Crippen LogP contribution >= 0.6 is 0 Å². The zero-order valence-electron chi connectivity index (χ0n) is 9.41. The van der Waals surface area contributed by atoms with Crippen LogP contribution in [0.25, 0.3) is 0 Å². The number of aromatic nitrogens is 1. The number of carbonyl (C=O) groups is 1. The average Bonchev–Trinajstić information content (AvgIpc) is 2.25. The molecule has 6 nitrogen and oxygen atoms in total. The molecule has 3 N–H and O–H groups in total. The van der Waals surface area contributed by atoms with Crippen LogP contribution in [0.15, 0.2) is 12.3 Å². The summed E-state index contributed by atoms with van der Waals surface area (Å²) in [7, 11) is 0. The van der Waals surface area contributed by atoms with E-state index in [4.69, 9.17) is 9.84 Å². The number of pyridine rings is 1. The number of hydrogen-bond acceptors (Lipinski definition) is 5. The van der Waals surface area contributed by atoms with E-state index in [-0.39, 0.29) is 17.0 Å². The zero-order valence-corrected chi connectivity index (χ0v) is 9.41. The van der Waals surface area contributed by atoms with Crippen LogP contribution in [0.2, 0.25) is 0 Å². The second-order valence-corrected chi connectivity index (χ2v) is 4.52. The summed E-state index contributed by atoms with van der Waals surface area (Å²) in [5.74, 6) is -0.996. The number of carboxylic acids is 1. The summed E-state index contributed by atoms with van der Waals surface area (Å²) in [6, 6.07) is 1.26. The minimum atomic E-state index is -1.21. The van der Waals surface area contributed by atoms with Crippen LogP contribution in [-0.2, 0) is 0 Å². The van der Waals surface area contributed by atoms with Gasteiger partial charge in [-0.05, 0) is 19.9 Å². The van der Waals surface area contributed by atoms with Gasteiger partial charge in [0.2, 0.25) is 5.88 Å². The molecule has 0 aliphatic carbocycles. The molecule has 2 rings (SSSR count). The van der Waals surface area contributed by atoms with Crippen molar-refractivity contribution in [3.63, 3.8) is 0 Å². The normalized spacial score (nSPS) is 25.9. The summed E-state index contributed by atoms with van der Waals surface area (Å²) in [5.41, 5.74) is -0.834. The Labute approximate surface area is 97.5 Å². The van der Waals surface area contributed by atoms with E-state index in [1.54, 1.807) is 13.8 Å². The fraction of sp³-hybridized carbons (Fsp3) is 0.455. The molecule has 0 unspecified atom stereocenters. The SMILES string of the molecule is CC1(C)Oc2ncc(C(=O)O)cc2[C@H](O)[C@H]1O. The lowest BCUT2D eigenvalue weighted by Crippen LogP contribution is -2.49. The lowest BCUT2D eigenvalue weighted by atomic mass is 9.89. The molecule has 2 atom stereocenters. The van der Waals surface area contributed by atoms with Gasteiger partial charge in [0.25, 0.3) is 0 Å². The predicted molar refractivity (Wildman–Crippen MR) is 56.9 cm³/mol. The number of fused-ring (bicyclic) bond motifs is 1. The average molecular weight is 239 g/mol. The minimum absolute atomic E-state index is 0.0571. The number of hydrogen-bond donors (Lipinski definition) is 3. The number of aliphatic hydroxyl groups excluding tert-OH is 2. The van der Waals surface area contributed by atoms with Crippen molar-refractivity contribution in [1.82, 2.24) is 4.98 Å². The monoisotopic (exact) mass is 239 g/mol. The molecule has 0 radical (unpaired) electrons. The van der Waals surface area contributed by atoms with Crippen LogP contribution in [0.1, 0.15) is 35.9 Å². The Kier molecular flexibility index (Phi) is 2.56. The first kappa shape index (κ1) is 11.8. The van der Waals surface area contributed by atoms with Gasteiger partial charge in [0, 0.05) is 11.8 Å². The lowest BCUT2D eigenvalue weighted by Gasteiger charge is -2.39. The molecule has 1 aromatic heterocycles. The maximum absolute atomic E-state index is 10.8. The van der Waals surface area contributed by atoms with Crippen molar-refractivity contribution in [3.05, 3.63) is 23.4 Å². The molecule has 92 valence electrons. The van der Waals surface area contributed by atoms with Crippen LogP contribution < -0.4 is 4.74 Å². The molecule has 1 aliphatic rings. The van der Waals surface area contributed by atoms with Gasteiger partial charge in [-0.3, -0.25) is 0 Å². The van der Waals surface area contributed by atoms with Crippen molar-refractivity contribution in [1.29, 1.82) is 0 Å². The molecule has 1 aliphatic heterocycles. The van der Waals surface area contributed by atoms with E-state index in [0.717, 1.165) is 6.20 Å². The zero-order chi connectivity index (χ0) is 12.8. The van der Waals surface area contributed by atoms with Crippen LogP contribution in [0.5, 0.6) is 5.88 Å². The summed E-state index contributed by atoms with van der Waals surface area (Å²) in [5, 5.41) is 28.6. The molecule has 0 saturated heterocycles. The van der Waals surface area contributed by atoms with E-state index in [2.05, 4.69) is 4.98 Å². The molecule has 0 spiro atoms. The quantitative estimate of drug-likeness (QED) is 0.653. The van der Waals surface area contributed by atoms with Crippen molar-refractivity contribution in [3.8, 4) is 5.88 Å². The van der Waals surface area contributed by atoms with E-state index in [9.17, 15) is 15.0 Å². The van der Waals surface area contributed by atoms with Crippen LogP contribution in [0, 0.1) is 0 Å². The van der Waals surface area contributed by atoms with Gasteiger partial charge in [-0.15, -0.1) is 0 Å². The number of aromatic carboxylic acids is 1. The first-order valence-electron chi connectivity index (χ1n) is 5.11. The second kappa shape index (κ2) is 3.68. The number of rotatable bonds is 1. The molecule has 1 aromatic rings. The topological polar surface area (TPSA) is 99.9 Å². The highest BCUT2D eigenvalue weighted by Crippen LogP contribution is 2.38. The highest BCUT2D eigenvalue weighted by Gasteiger charge is 2.43. The van der Waals surface area contributed by atoms with Crippen molar-refractivity contribution in [2.24, 2.45) is 0 Å². The summed E-state index contributed by atoms with van der Waals surface area (Å²) in [6.07, 6.45) is -1.19. The van der Waals surface area contributed by atoms with Crippen molar-refractivity contribution >= 4 is 5.97 Å².